The lowest BCUT2D eigenvalue weighted by atomic mass is 10.0. The molecular weight excluding hydrogens is 331 g/mol. The number of nitrogens with zero attached hydrogens (tertiary/aromatic N) is 2. The Morgan fingerprint density at radius 3 is 2.42 bits per heavy atom. The fraction of sp³-hybridized carbons (Fsp3) is 0.0476. The number of pyridine rings is 2. The third-order valence-corrected chi connectivity index (χ3v) is 4.18. The summed E-state index contributed by atoms with van der Waals surface area (Å²) in [5.74, 6) is 0.547. The van der Waals surface area contributed by atoms with Crippen LogP contribution in [-0.2, 0) is 7.05 Å². The van der Waals surface area contributed by atoms with Crippen molar-refractivity contribution < 1.29 is 9.13 Å². The van der Waals surface area contributed by atoms with Crippen molar-refractivity contribution in [2.45, 2.75) is 0 Å². The molecule has 0 aliphatic heterocycles. The third kappa shape index (κ3) is 2.84. The van der Waals surface area contributed by atoms with Gasteiger partial charge in [0.2, 0.25) is 5.88 Å². The Bertz CT molecular complexity index is 1150. The summed E-state index contributed by atoms with van der Waals surface area (Å²) in [7, 11) is 1.72. The van der Waals surface area contributed by atoms with Gasteiger partial charge in [0.1, 0.15) is 11.6 Å². The van der Waals surface area contributed by atoms with Gasteiger partial charge in [0.25, 0.3) is 5.56 Å². The lowest BCUT2D eigenvalue weighted by Gasteiger charge is -2.13. The molecule has 4 nitrogen and oxygen atoms in total. The van der Waals surface area contributed by atoms with Crippen LogP contribution in [-0.4, -0.2) is 9.55 Å². The number of fused-ring (bicyclic) bond motifs is 1. The molecule has 0 aliphatic rings. The van der Waals surface area contributed by atoms with E-state index in [4.69, 9.17) is 4.74 Å². The molecule has 4 rings (SSSR count). The number of aromatic nitrogens is 2. The highest BCUT2D eigenvalue weighted by Crippen LogP contribution is 2.34. The van der Waals surface area contributed by atoms with Crippen LogP contribution in [0.1, 0.15) is 0 Å². The van der Waals surface area contributed by atoms with Crippen LogP contribution in [0.25, 0.3) is 21.9 Å². The smallest absolute Gasteiger partial charge is 0.258 e. The fourth-order valence-corrected chi connectivity index (χ4v) is 2.92. The van der Waals surface area contributed by atoms with Crippen LogP contribution in [0, 0.1) is 5.82 Å². The SMILES string of the molecule is Cn1cc(-c2cccnc2Oc2ccc(F)cc2)c2ccccc2c1=O. The van der Waals surface area contributed by atoms with E-state index in [9.17, 15) is 9.18 Å². The second-order valence-electron chi connectivity index (χ2n) is 5.92. The molecule has 0 fully saturated rings. The van der Waals surface area contributed by atoms with Crippen LogP contribution in [0.4, 0.5) is 4.39 Å². The van der Waals surface area contributed by atoms with Crippen LogP contribution in [0.3, 0.4) is 0 Å². The van der Waals surface area contributed by atoms with E-state index in [-0.39, 0.29) is 11.4 Å². The van der Waals surface area contributed by atoms with E-state index in [0.717, 1.165) is 16.5 Å². The minimum absolute atomic E-state index is 0.0609. The maximum Gasteiger partial charge on any atom is 0.258 e. The first-order valence-electron chi connectivity index (χ1n) is 8.10. The number of aryl methyl sites for hydroxylation is 1. The number of rotatable bonds is 3. The van der Waals surface area contributed by atoms with E-state index in [1.54, 1.807) is 42.2 Å². The van der Waals surface area contributed by atoms with Crippen molar-refractivity contribution in [2.24, 2.45) is 7.05 Å². The van der Waals surface area contributed by atoms with E-state index >= 15 is 0 Å². The topological polar surface area (TPSA) is 44.1 Å². The van der Waals surface area contributed by atoms with Crippen LogP contribution in [0.5, 0.6) is 11.6 Å². The normalized spacial score (nSPS) is 10.8. The number of hydrogen-bond donors (Lipinski definition) is 0. The summed E-state index contributed by atoms with van der Waals surface area (Å²) in [5, 5.41) is 1.46. The monoisotopic (exact) mass is 346 g/mol. The lowest BCUT2D eigenvalue weighted by Crippen LogP contribution is -2.16. The van der Waals surface area contributed by atoms with E-state index in [2.05, 4.69) is 4.98 Å². The van der Waals surface area contributed by atoms with Gasteiger partial charge < -0.3 is 9.30 Å². The largest absolute Gasteiger partial charge is 0.438 e. The van der Waals surface area contributed by atoms with Gasteiger partial charge in [-0.15, -0.1) is 0 Å². The lowest BCUT2D eigenvalue weighted by molar-refractivity contribution is 0.463. The van der Waals surface area contributed by atoms with E-state index in [1.807, 2.05) is 30.3 Å². The molecule has 26 heavy (non-hydrogen) atoms. The Morgan fingerprint density at radius 2 is 1.65 bits per heavy atom. The van der Waals surface area contributed by atoms with Crippen LogP contribution in [0.2, 0.25) is 0 Å². The van der Waals surface area contributed by atoms with Gasteiger partial charge in [-0.1, -0.05) is 18.2 Å². The second-order valence-corrected chi connectivity index (χ2v) is 5.92. The van der Waals surface area contributed by atoms with Gasteiger partial charge in [-0.05, 0) is 47.9 Å². The molecule has 0 amide bonds. The van der Waals surface area contributed by atoms with Gasteiger partial charge in [-0.25, -0.2) is 9.37 Å². The highest BCUT2D eigenvalue weighted by atomic mass is 19.1. The Hall–Kier alpha value is -3.47. The minimum atomic E-state index is -0.331. The molecule has 2 aromatic carbocycles. The zero-order chi connectivity index (χ0) is 18.1. The predicted octanol–water partition coefficient (Wildman–Crippen LogP) is 4.53. The van der Waals surface area contributed by atoms with Crippen LogP contribution >= 0.6 is 0 Å². The third-order valence-electron chi connectivity index (χ3n) is 4.18. The van der Waals surface area contributed by atoms with Gasteiger partial charge in [0, 0.05) is 36.0 Å². The molecule has 2 heterocycles. The van der Waals surface area contributed by atoms with Gasteiger partial charge in [0.15, 0.2) is 0 Å². The molecule has 128 valence electrons. The predicted molar refractivity (Wildman–Crippen MR) is 98.9 cm³/mol. The molecule has 0 saturated heterocycles. The first kappa shape index (κ1) is 16.0. The van der Waals surface area contributed by atoms with Gasteiger partial charge in [-0.2, -0.15) is 0 Å². The molecule has 4 aromatic rings. The maximum absolute atomic E-state index is 13.1. The summed E-state index contributed by atoms with van der Waals surface area (Å²) in [4.78, 5) is 16.7. The van der Waals surface area contributed by atoms with Crippen molar-refractivity contribution in [3.63, 3.8) is 0 Å². The van der Waals surface area contributed by atoms with Crippen molar-refractivity contribution in [1.82, 2.24) is 9.55 Å². The molecule has 0 N–H and O–H groups in total. The zero-order valence-electron chi connectivity index (χ0n) is 14.0. The molecule has 0 saturated carbocycles. The Balaban J connectivity index is 1.90. The van der Waals surface area contributed by atoms with Crippen molar-refractivity contribution >= 4 is 10.8 Å². The summed E-state index contributed by atoms with van der Waals surface area (Å²) in [6.45, 7) is 0. The second kappa shape index (κ2) is 6.44. The number of ether oxygens (including phenoxy) is 1. The van der Waals surface area contributed by atoms with Gasteiger partial charge in [0.05, 0.1) is 0 Å². The van der Waals surface area contributed by atoms with E-state index < -0.39 is 0 Å². The summed E-state index contributed by atoms with van der Waals surface area (Å²) >= 11 is 0. The molecule has 0 aliphatic carbocycles. The first-order chi connectivity index (χ1) is 12.6. The van der Waals surface area contributed by atoms with Crippen molar-refractivity contribution in [3.8, 4) is 22.8 Å². The summed E-state index contributed by atoms with van der Waals surface area (Å²) in [6, 6.07) is 16.9. The highest BCUT2D eigenvalue weighted by Gasteiger charge is 2.14. The molecule has 0 unspecified atom stereocenters. The fourth-order valence-electron chi connectivity index (χ4n) is 2.92. The van der Waals surface area contributed by atoms with Crippen molar-refractivity contribution in [2.75, 3.05) is 0 Å². The van der Waals surface area contributed by atoms with E-state index in [1.165, 1.54) is 12.1 Å². The molecule has 5 heteroatoms. The summed E-state index contributed by atoms with van der Waals surface area (Å²) in [5.41, 5.74) is 1.53. The summed E-state index contributed by atoms with van der Waals surface area (Å²) < 4.78 is 20.5. The number of hydrogen-bond acceptors (Lipinski definition) is 3. The van der Waals surface area contributed by atoms with Crippen LogP contribution in [0.15, 0.2) is 77.9 Å². The Morgan fingerprint density at radius 1 is 0.923 bits per heavy atom. The minimum Gasteiger partial charge on any atom is -0.438 e. The maximum atomic E-state index is 13.1. The highest BCUT2D eigenvalue weighted by molar-refractivity contribution is 5.96. The summed E-state index contributed by atoms with van der Waals surface area (Å²) in [6.07, 6.45) is 3.41. The van der Waals surface area contributed by atoms with E-state index in [0.29, 0.717) is 17.0 Å². The molecule has 0 atom stereocenters. The number of halogens is 1. The van der Waals surface area contributed by atoms with Crippen molar-refractivity contribution in [1.29, 1.82) is 0 Å². The van der Waals surface area contributed by atoms with Crippen molar-refractivity contribution in [3.05, 3.63) is 89.2 Å². The molecule has 0 spiro atoms. The van der Waals surface area contributed by atoms with Gasteiger partial charge >= 0.3 is 0 Å². The van der Waals surface area contributed by atoms with Crippen LogP contribution < -0.4 is 10.3 Å². The quantitative estimate of drug-likeness (QED) is 0.547. The molecule has 0 radical (unpaired) electrons. The molecular formula is C21H15FN2O2. The molecule has 2 aromatic heterocycles. The number of benzene rings is 2. The van der Waals surface area contributed by atoms with Gasteiger partial charge in [-0.3, -0.25) is 4.79 Å². The molecule has 0 bridgehead atoms. The Labute approximate surface area is 149 Å². The Kier molecular flexibility index (Phi) is 3.97. The first-order valence-corrected chi connectivity index (χ1v) is 8.10. The average Bonchev–Trinajstić information content (AvgIpc) is 2.67. The zero-order valence-corrected chi connectivity index (χ0v) is 14.0. The average molecular weight is 346 g/mol. The standard InChI is InChI=1S/C21H15FN2O2/c1-24-13-19(16-5-2-3-6-18(16)21(24)25)17-7-4-12-23-20(17)26-15-10-8-14(22)9-11-15/h2-13H,1H3.